The third-order valence-electron chi connectivity index (χ3n) is 3.64. The van der Waals surface area contributed by atoms with Crippen LogP contribution < -0.4 is 16.2 Å². The number of nitrogens with two attached hydrogens (primary N) is 1. The summed E-state index contributed by atoms with van der Waals surface area (Å²) in [5.74, 6) is 1.45. The highest BCUT2D eigenvalue weighted by Gasteiger charge is 2.22. The van der Waals surface area contributed by atoms with Crippen LogP contribution in [0, 0.1) is 11.8 Å². The smallest absolute Gasteiger partial charge is 0.273 e. The van der Waals surface area contributed by atoms with Gasteiger partial charge in [0.25, 0.3) is 5.56 Å². The molecule has 1 aromatic heterocycles. The quantitative estimate of drug-likeness (QED) is 0.863. The number of nitrogen functional groups attached to an aromatic ring is 1. The lowest BCUT2D eigenvalue weighted by atomic mass is 9.89. The maximum absolute atomic E-state index is 11.5. The molecule has 0 amide bonds. The summed E-state index contributed by atoms with van der Waals surface area (Å²) in [6.45, 7) is 6.55. The third-order valence-corrected chi connectivity index (χ3v) is 3.64. The van der Waals surface area contributed by atoms with Crippen molar-refractivity contribution in [1.29, 1.82) is 0 Å². The largest absolute Gasteiger partial charge is 0.393 e. The Hall–Kier alpha value is -1.45. The first-order valence-corrected chi connectivity index (χ1v) is 6.80. The molecule has 18 heavy (non-hydrogen) atoms. The van der Waals surface area contributed by atoms with Gasteiger partial charge < -0.3 is 15.6 Å². The van der Waals surface area contributed by atoms with E-state index in [0.717, 1.165) is 30.6 Å². The average Bonchev–Trinajstić information content (AvgIpc) is 2.32. The molecule has 1 unspecified atom stereocenters. The number of aromatic amines is 1. The monoisotopic (exact) mass is 249 g/mol. The Morgan fingerprint density at radius 3 is 3.06 bits per heavy atom. The van der Waals surface area contributed by atoms with Gasteiger partial charge in [-0.15, -0.1) is 0 Å². The van der Waals surface area contributed by atoms with Crippen LogP contribution in [0.2, 0.25) is 0 Å². The predicted molar refractivity (Wildman–Crippen MR) is 75.9 cm³/mol. The molecule has 2 heterocycles. The molecule has 1 saturated heterocycles. The van der Waals surface area contributed by atoms with Crippen LogP contribution in [0.25, 0.3) is 0 Å². The van der Waals surface area contributed by atoms with E-state index in [1.807, 2.05) is 6.07 Å². The van der Waals surface area contributed by atoms with Gasteiger partial charge in [0.15, 0.2) is 0 Å². The topological polar surface area (TPSA) is 62.1 Å². The summed E-state index contributed by atoms with van der Waals surface area (Å²) in [4.78, 5) is 16.4. The number of nitrogens with one attached hydrogen (secondary N) is 1. The highest BCUT2D eigenvalue weighted by atomic mass is 16.1. The van der Waals surface area contributed by atoms with Crippen LogP contribution >= 0.6 is 0 Å². The molecule has 3 N–H and O–H groups in total. The van der Waals surface area contributed by atoms with Crippen molar-refractivity contribution < 1.29 is 0 Å². The van der Waals surface area contributed by atoms with Crippen molar-refractivity contribution >= 4 is 11.4 Å². The molecule has 1 fully saturated rings. The van der Waals surface area contributed by atoms with Gasteiger partial charge in [-0.25, -0.2) is 0 Å². The van der Waals surface area contributed by atoms with Gasteiger partial charge in [-0.1, -0.05) is 13.8 Å². The summed E-state index contributed by atoms with van der Waals surface area (Å²) >= 11 is 0. The molecule has 4 heteroatoms. The second kappa shape index (κ2) is 5.46. The highest BCUT2D eigenvalue weighted by molar-refractivity contribution is 5.66. The summed E-state index contributed by atoms with van der Waals surface area (Å²) in [5, 5.41) is 0. The molecule has 1 aromatic rings. The first kappa shape index (κ1) is 13.0. The number of pyridine rings is 1. The van der Waals surface area contributed by atoms with Crippen molar-refractivity contribution in [2.45, 2.75) is 33.1 Å². The Morgan fingerprint density at radius 1 is 1.56 bits per heavy atom. The lowest BCUT2D eigenvalue weighted by molar-refractivity contribution is 0.347. The molecular weight excluding hydrogens is 226 g/mol. The maximum atomic E-state index is 11.5. The second-order valence-corrected chi connectivity index (χ2v) is 5.69. The van der Waals surface area contributed by atoms with Gasteiger partial charge in [-0.2, -0.15) is 0 Å². The Labute approximate surface area is 108 Å². The first-order valence-electron chi connectivity index (χ1n) is 6.80. The molecule has 0 saturated carbocycles. The Balaban J connectivity index is 2.13. The molecule has 0 aliphatic carbocycles. The van der Waals surface area contributed by atoms with Crippen LogP contribution in [0.5, 0.6) is 0 Å². The summed E-state index contributed by atoms with van der Waals surface area (Å²) in [6.07, 6.45) is 5.40. The fourth-order valence-corrected chi connectivity index (χ4v) is 2.90. The van der Waals surface area contributed by atoms with Gasteiger partial charge in [0.2, 0.25) is 0 Å². The number of piperidine rings is 1. The molecule has 0 radical (unpaired) electrons. The van der Waals surface area contributed by atoms with Crippen LogP contribution in [0.15, 0.2) is 17.1 Å². The van der Waals surface area contributed by atoms with E-state index >= 15 is 0 Å². The van der Waals surface area contributed by atoms with Gasteiger partial charge in [0.05, 0.1) is 5.69 Å². The number of nitrogens with zero attached hydrogens (tertiary/aromatic N) is 1. The van der Waals surface area contributed by atoms with E-state index in [9.17, 15) is 4.79 Å². The van der Waals surface area contributed by atoms with Crippen molar-refractivity contribution in [3.05, 3.63) is 22.6 Å². The number of anilines is 2. The third kappa shape index (κ3) is 2.86. The van der Waals surface area contributed by atoms with Gasteiger partial charge in [0, 0.05) is 19.3 Å². The average molecular weight is 249 g/mol. The van der Waals surface area contributed by atoms with E-state index < -0.39 is 0 Å². The summed E-state index contributed by atoms with van der Waals surface area (Å²) in [7, 11) is 0. The highest BCUT2D eigenvalue weighted by Crippen LogP contribution is 2.28. The number of hydrogen-bond acceptors (Lipinski definition) is 3. The SMILES string of the molecule is CC(C)CC1CCCN(c2cc[nH]c(=O)c2N)C1. The Bertz CT molecular complexity index is 453. The standard InChI is InChI=1S/C14H23N3O/c1-10(2)8-11-4-3-7-17(9-11)12-5-6-16-14(18)13(12)15/h5-6,10-11H,3-4,7-9,15H2,1-2H3,(H,16,18). The molecule has 100 valence electrons. The molecule has 1 aliphatic heterocycles. The summed E-state index contributed by atoms with van der Waals surface area (Å²) in [6, 6.07) is 1.91. The predicted octanol–water partition coefficient (Wildman–Crippen LogP) is 2.22. The van der Waals surface area contributed by atoms with E-state index in [1.165, 1.54) is 19.3 Å². The van der Waals surface area contributed by atoms with E-state index in [1.54, 1.807) is 6.20 Å². The number of hydrogen-bond donors (Lipinski definition) is 2. The van der Waals surface area contributed by atoms with Gasteiger partial charge >= 0.3 is 0 Å². The normalized spacial score (nSPS) is 20.4. The van der Waals surface area contributed by atoms with E-state index in [2.05, 4.69) is 23.7 Å². The zero-order chi connectivity index (χ0) is 13.1. The van der Waals surface area contributed by atoms with E-state index in [4.69, 9.17) is 5.73 Å². The minimum absolute atomic E-state index is 0.182. The number of aromatic nitrogens is 1. The molecule has 0 bridgehead atoms. The molecule has 2 rings (SSSR count). The fourth-order valence-electron chi connectivity index (χ4n) is 2.90. The lowest BCUT2D eigenvalue weighted by Gasteiger charge is -2.35. The van der Waals surface area contributed by atoms with E-state index in [0.29, 0.717) is 5.69 Å². The van der Waals surface area contributed by atoms with Crippen LogP contribution in [0.1, 0.15) is 33.1 Å². The number of rotatable bonds is 3. The van der Waals surface area contributed by atoms with Crippen molar-refractivity contribution in [2.75, 3.05) is 23.7 Å². The summed E-state index contributed by atoms with van der Waals surface area (Å²) < 4.78 is 0. The molecule has 1 aliphatic rings. The van der Waals surface area contributed by atoms with Crippen molar-refractivity contribution in [3.63, 3.8) is 0 Å². The van der Waals surface area contributed by atoms with Crippen molar-refractivity contribution in [1.82, 2.24) is 4.98 Å². The molecule has 0 aromatic carbocycles. The van der Waals surface area contributed by atoms with Gasteiger partial charge in [-0.3, -0.25) is 4.79 Å². The maximum Gasteiger partial charge on any atom is 0.273 e. The molecule has 1 atom stereocenters. The van der Waals surface area contributed by atoms with Gasteiger partial charge in [-0.05, 0) is 37.2 Å². The van der Waals surface area contributed by atoms with Crippen molar-refractivity contribution in [3.8, 4) is 0 Å². The minimum atomic E-state index is -0.182. The first-order chi connectivity index (χ1) is 8.58. The van der Waals surface area contributed by atoms with Crippen LogP contribution in [-0.4, -0.2) is 18.1 Å². The zero-order valence-corrected chi connectivity index (χ0v) is 11.3. The molecule has 0 spiro atoms. The van der Waals surface area contributed by atoms with E-state index in [-0.39, 0.29) is 5.56 Å². The lowest BCUT2D eigenvalue weighted by Crippen LogP contribution is -2.37. The number of H-pyrrole nitrogens is 1. The van der Waals surface area contributed by atoms with Gasteiger partial charge in [0.1, 0.15) is 5.69 Å². The van der Waals surface area contributed by atoms with Crippen molar-refractivity contribution in [2.24, 2.45) is 11.8 Å². The minimum Gasteiger partial charge on any atom is -0.393 e. The molecular formula is C14H23N3O. The summed E-state index contributed by atoms with van der Waals surface area (Å²) in [5.41, 5.74) is 6.94. The second-order valence-electron chi connectivity index (χ2n) is 5.69. The van der Waals surface area contributed by atoms with Crippen LogP contribution in [0.4, 0.5) is 11.4 Å². The zero-order valence-electron chi connectivity index (χ0n) is 11.3. The fraction of sp³-hybridized carbons (Fsp3) is 0.643. The Kier molecular flexibility index (Phi) is 3.94. The van der Waals surface area contributed by atoms with Crippen LogP contribution in [0.3, 0.4) is 0 Å². The molecule has 4 nitrogen and oxygen atoms in total. The Morgan fingerprint density at radius 2 is 2.33 bits per heavy atom. The van der Waals surface area contributed by atoms with Crippen LogP contribution in [-0.2, 0) is 0 Å².